The highest BCUT2D eigenvalue weighted by Crippen LogP contribution is 2.37. The van der Waals surface area contributed by atoms with Crippen molar-refractivity contribution in [2.24, 2.45) is 0 Å². The Hall–Kier alpha value is -1.23. The van der Waals surface area contributed by atoms with E-state index in [0.717, 1.165) is 27.0 Å². The van der Waals surface area contributed by atoms with Gasteiger partial charge in [-0.2, -0.15) is 0 Å². The van der Waals surface area contributed by atoms with Crippen LogP contribution in [0.3, 0.4) is 0 Å². The molecule has 1 aliphatic heterocycles. The molecular formula is C15H16ClNO2S. The van der Waals surface area contributed by atoms with E-state index in [1.165, 1.54) is 4.88 Å². The van der Waals surface area contributed by atoms with Crippen molar-refractivity contribution in [1.29, 1.82) is 0 Å². The molecule has 2 heterocycles. The van der Waals surface area contributed by atoms with Gasteiger partial charge in [-0.05, 0) is 43.3 Å². The third-order valence-corrected chi connectivity index (χ3v) is 4.97. The lowest BCUT2D eigenvalue weighted by Crippen LogP contribution is -2.18. The van der Waals surface area contributed by atoms with Crippen molar-refractivity contribution in [1.82, 2.24) is 5.32 Å². The average Bonchev–Trinajstić information content (AvgIpc) is 2.79. The Bertz CT molecular complexity index is 607. The highest BCUT2D eigenvalue weighted by molar-refractivity contribution is 7.16. The first kappa shape index (κ1) is 13.7. The van der Waals surface area contributed by atoms with Gasteiger partial charge in [-0.25, -0.2) is 0 Å². The molecule has 3 nitrogen and oxygen atoms in total. The molecule has 0 aliphatic carbocycles. The van der Waals surface area contributed by atoms with E-state index in [1.54, 1.807) is 11.3 Å². The predicted octanol–water partition coefficient (Wildman–Crippen LogP) is 3.79. The lowest BCUT2D eigenvalue weighted by molar-refractivity contribution is 0.171. The van der Waals surface area contributed by atoms with Crippen LogP contribution in [0.4, 0.5) is 0 Å². The summed E-state index contributed by atoms with van der Waals surface area (Å²) >= 11 is 7.79. The van der Waals surface area contributed by atoms with Crippen molar-refractivity contribution in [3.05, 3.63) is 44.6 Å². The molecule has 0 fully saturated rings. The monoisotopic (exact) mass is 309 g/mol. The minimum Gasteiger partial charge on any atom is -0.486 e. The van der Waals surface area contributed by atoms with Gasteiger partial charge in [-0.1, -0.05) is 17.7 Å². The molecule has 1 aliphatic rings. The van der Waals surface area contributed by atoms with E-state index in [9.17, 15) is 0 Å². The van der Waals surface area contributed by atoms with E-state index in [1.807, 2.05) is 26.1 Å². The van der Waals surface area contributed by atoms with Gasteiger partial charge in [0, 0.05) is 4.88 Å². The van der Waals surface area contributed by atoms with Crippen molar-refractivity contribution >= 4 is 22.9 Å². The Balaban J connectivity index is 1.96. The van der Waals surface area contributed by atoms with Crippen LogP contribution in [0.5, 0.6) is 11.5 Å². The van der Waals surface area contributed by atoms with Gasteiger partial charge < -0.3 is 14.8 Å². The molecule has 3 rings (SSSR count). The quantitative estimate of drug-likeness (QED) is 0.935. The number of benzene rings is 1. The van der Waals surface area contributed by atoms with Crippen LogP contribution in [0.15, 0.2) is 24.3 Å². The number of hydrogen-bond donors (Lipinski definition) is 1. The largest absolute Gasteiger partial charge is 0.486 e. The molecule has 20 heavy (non-hydrogen) atoms. The number of nitrogens with one attached hydrogen (secondary N) is 1. The summed E-state index contributed by atoms with van der Waals surface area (Å²) in [5.74, 6) is 1.63. The molecule has 1 atom stereocenters. The fourth-order valence-electron chi connectivity index (χ4n) is 2.34. The topological polar surface area (TPSA) is 30.5 Å². The molecule has 0 radical (unpaired) electrons. The molecule has 1 N–H and O–H groups in total. The fourth-order valence-corrected chi connectivity index (χ4v) is 3.69. The minimum absolute atomic E-state index is 0.113. The second kappa shape index (κ2) is 5.64. The normalized spacial score (nSPS) is 15.2. The van der Waals surface area contributed by atoms with Gasteiger partial charge in [0.25, 0.3) is 0 Å². The van der Waals surface area contributed by atoms with Crippen LogP contribution < -0.4 is 14.8 Å². The number of rotatable bonds is 3. The zero-order valence-electron chi connectivity index (χ0n) is 11.4. The molecule has 0 amide bonds. The first-order valence-corrected chi connectivity index (χ1v) is 7.71. The number of fused-ring (bicyclic) bond motifs is 1. The molecule has 1 aromatic carbocycles. The van der Waals surface area contributed by atoms with Crippen LogP contribution in [0, 0.1) is 6.92 Å². The van der Waals surface area contributed by atoms with Crippen LogP contribution in [0.2, 0.25) is 4.34 Å². The van der Waals surface area contributed by atoms with Crippen LogP contribution in [0.25, 0.3) is 0 Å². The van der Waals surface area contributed by atoms with Gasteiger partial charge in [0.05, 0.1) is 10.4 Å². The number of halogens is 1. The molecular weight excluding hydrogens is 294 g/mol. The zero-order chi connectivity index (χ0) is 14.1. The number of hydrogen-bond acceptors (Lipinski definition) is 4. The van der Waals surface area contributed by atoms with Crippen LogP contribution in [0.1, 0.15) is 22.0 Å². The summed E-state index contributed by atoms with van der Waals surface area (Å²) in [4.78, 5) is 1.20. The first-order chi connectivity index (χ1) is 9.69. The maximum Gasteiger partial charge on any atom is 0.161 e. The molecule has 5 heteroatoms. The van der Waals surface area contributed by atoms with Gasteiger partial charge in [0.1, 0.15) is 13.2 Å². The van der Waals surface area contributed by atoms with Gasteiger partial charge in [-0.15, -0.1) is 11.3 Å². The van der Waals surface area contributed by atoms with Crippen LogP contribution in [-0.2, 0) is 0 Å². The van der Waals surface area contributed by atoms with E-state index in [0.29, 0.717) is 13.2 Å². The van der Waals surface area contributed by atoms with Gasteiger partial charge in [0.15, 0.2) is 11.5 Å². The lowest BCUT2D eigenvalue weighted by atomic mass is 10.0. The Morgan fingerprint density at radius 3 is 2.60 bits per heavy atom. The summed E-state index contributed by atoms with van der Waals surface area (Å²) < 4.78 is 12.1. The standard InChI is InChI=1S/C15H16ClNO2S/c1-9-7-13(20-15(9)16)14(17-2)10-3-4-11-12(8-10)19-6-5-18-11/h3-4,7-8,14,17H,5-6H2,1-2H3. The van der Waals surface area contributed by atoms with Gasteiger partial charge in [0.2, 0.25) is 0 Å². The molecule has 106 valence electrons. The second-order valence-electron chi connectivity index (χ2n) is 4.73. The van der Waals surface area contributed by atoms with E-state index in [2.05, 4.69) is 17.4 Å². The summed E-state index contributed by atoms with van der Waals surface area (Å²) in [5, 5.41) is 3.34. The number of thiophene rings is 1. The molecule has 0 saturated carbocycles. The van der Waals surface area contributed by atoms with Crippen molar-refractivity contribution in [3.8, 4) is 11.5 Å². The highest BCUT2D eigenvalue weighted by atomic mass is 35.5. The van der Waals surface area contributed by atoms with Crippen molar-refractivity contribution in [2.45, 2.75) is 13.0 Å². The predicted molar refractivity (Wildman–Crippen MR) is 82.4 cm³/mol. The summed E-state index contributed by atoms with van der Waals surface area (Å²) in [6.07, 6.45) is 0. The Kier molecular flexibility index (Phi) is 3.87. The second-order valence-corrected chi connectivity index (χ2v) is 6.42. The van der Waals surface area contributed by atoms with Crippen LogP contribution >= 0.6 is 22.9 Å². The maximum absolute atomic E-state index is 6.18. The Morgan fingerprint density at radius 1 is 1.20 bits per heavy atom. The first-order valence-electron chi connectivity index (χ1n) is 6.51. The fraction of sp³-hybridized carbons (Fsp3) is 0.333. The number of ether oxygens (including phenoxy) is 2. The van der Waals surface area contributed by atoms with Crippen molar-refractivity contribution in [2.75, 3.05) is 20.3 Å². The summed E-state index contributed by atoms with van der Waals surface area (Å²) in [6.45, 7) is 3.24. The summed E-state index contributed by atoms with van der Waals surface area (Å²) in [7, 11) is 1.95. The van der Waals surface area contributed by atoms with Crippen LogP contribution in [-0.4, -0.2) is 20.3 Å². The molecule has 1 aromatic heterocycles. The minimum atomic E-state index is 0.113. The SMILES string of the molecule is CNC(c1ccc2c(c1)OCCO2)c1cc(C)c(Cl)s1. The highest BCUT2D eigenvalue weighted by Gasteiger charge is 2.19. The van der Waals surface area contributed by atoms with E-state index in [-0.39, 0.29) is 6.04 Å². The molecule has 1 unspecified atom stereocenters. The lowest BCUT2D eigenvalue weighted by Gasteiger charge is -2.21. The van der Waals surface area contributed by atoms with Gasteiger partial charge in [-0.3, -0.25) is 0 Å². The molecule has 0 saturated heterocycles. The van der Waals surface area contributed by atoms with Gasteiger partial charge >= 0.3 is 0 Å². The maximum atomic E-state index is 6.18. The van der Waals surface area contributed by atoms with E-state index >= 15 is 0 Å². The molecule has 0 bridgehead atoms. The average molecular weight is 310 g/mol. The Morgan fingerprint density at radius 2 is 1.95 bits per heavy atom. The Labute approximate surface area is 127 Å². The molecule has 2 aromatic rings. The van der Waals surface area contributed by atoms with E-state index in [4.69, 9.17) is 21.1 Å². The molecule has 0 spiro atoms. The third kappa shape index (κ3) is 2.51. The number of aryl methyl sites for hydroxylation is 1. The van der Waals surface area contributed by atoms with Crippen molar-refractivity contribution in [3.63, 3.8) is 0 Å². The van der Waals surface area contributed by atoms with Crippen molar-refractivity contribution < 1.29 is 9.47 Å². The summed E-state index contributed by atoms with van der Waals surface area (Å²) in [5.41, 5.74) is 2.26. The zero-order valence-corrected chi connectivity index (χ0v) is 13.0. The summed E-state index contributed by atoms with van der Waals surface area (Å²) in [6, 6.07) is 8.32. The smallest absolute Gasteiger partial charge is 0.161 e. The third-order valence-electron chi connectivity index (χ3n) is 3.35. The van der Waals surface area contributed by atoms with E-state index < -0.39 is 0 Å².